The van der Waals surface area contributed by atoms with Crippen LogP contribution in [0.1, 0.15) is 19.1 Å². The third kappa shape index (κ3) is 4.64. The molecule has 7 heteroatoms. The van der Waals surface area contributed by atoms with Gasteiger partial charge in [-0.2, -0.15) is 11.8 Å². The Morgan fingerprint density at radius 3 is 2.78 bits per heavy atom. The third-order valence-corrected chi connectivity index (χ3v) is 4.87. The quantitative estimate of drug-likeness (QED) is 0.758. The molecule has 0 saturated heterocycles. The molecule has 5 nitrogen and oxygen atoms in total. The van der Waals surface area contributed by atoms with Crippen LogP contribution in [-0.2, 0) is 16.6 Å². The Morgan fingerprint density at radius 1 is 1.44 bits per heavy atom. The lowest BCUT2D eigenvalue weighted by atomic mass is 10.3. The average molecular weight is 292 g/mol. The molecule has 0 bridgehead atoms. The van der Waals surface area contributed by atoms with Crippen LogP contribution >= 0.6 is 11.8 Å². The molecule has 0 fully saturated rings. The van der Waals surface area contributed by atoms with Gasteiger partial charge in [0.05, 0.1) is 6.54 Å². The molecule has 0 spiro atoms. The highest BCUT2D eigenvalue weighted by atomic mass is 32.2. The van der Waals surface area contributed by atoms with Crippen molar-refractivity contribution in [2.45, 2.75) is 30.2 Å². The molecule has 1 unspecified atom stereocenters. The van der Waals surface area contributed by atoms with Crippen molar-refractivity contribution in [1.82, 2.24) is 10.0 Å². The highest BCUT2D eigenvalue weighted by molar-refractivity contribution is 7.99. The summed E-state index contributed by atoms with van der Waals surface area (Å²) in [4.78, 5) is 0. The average Bonchev–Trinajstić information content (AvgIpc) is 2.78. The first-order valence-corrected chi connectivity index (χ1v) is 8.52. The van der Waals surface area contributed by atoms with Crippen molar-refractivity contribution in [2.75, 3.05) is 19.8 Å². The lowest BCUT2D eigenvalue weighted by Gasteiger charge is -2.08. The minimum atomic E-state index is -3.52. The SMILES string of the molecule is CNCc1ccc(S(=O)(=O)NCCC(C)SC)o1. The fraction of sp³-hybridized carbons (Fsp3) is 0.636. The second-order valence-electron chi connectivity index (χ2n) is 3.98. The zero-order valence-corrected chi connectivity index (χ0v) is 12.5. The smallest absolute Gasteiger partial charge is 0.273 e. The van der Waals surface area contributed by atoms with Crippen molar-refractivity contribution in [3.8, 4) is 0 Å². The second-order valence-corrected chi connectivity index (χ2v) is 6.96. The predicted octanol–water partition coefficient (Wildman–Crippen LogP) is 1.42. The minimum Gasteiger partial charge on any atom is -0.447 e. The van der Waals surface area contributed by atoms with Crippen LogP contribution in [0.5, 0.6) is 0 Å². The molecule has 0 saturated carbocycles. The van der Waals surface area contributed by atoms with E-state index in [0.717, 1.165) is 6.42 Å². The Balaban J connectivity index is 2.56. The van der Waals surface area contributed by atoms with Gasteiger partial charge in [0.25, 0.3) is 10.0 Å². The molecule has 0 aromatic carbocycles. The fourth-order valence-corrected chi connectivity index (χ4v) is 2.70. The molecule has 104 valence electrons. The summed E-state index contributed by atoms with van der Waals surface area (Å²) in [6.07, 6.45) is 2.81. The zero-order valence-electron chi connectivity index (χ0n) is 10.9. The van der Waals surface area contributed by atoms with Crippen LogP contribution in [-0.4, -0.2) is 33.5 Å². The second kappa shape index (κ2) is 7.18. The lowest BCUT2D eigenvalue weighted by Crippen LogP contribution is -2.26. The molecule has 1 heterocycles. The number of hydrogen-bond acceptors (Lipinski definition) is 5. The van der Waals surface area contributed by atoms with Gasteiger partial charge in [0.2, 0.25) is 5.09 Å². The first-order chi connectivity index (χ1) is 8.49. The third-order valence-electron chi connectivity index (χ3n) is 2.50. The van der Waals surface area contributed by atoms with E-state index in [0.29, 0.717) is 24.1 Å². The van der Waals surface area contributed by atoms with E-state index in [-0.39, 0.29) is 5.09 Å². The molecule has 0 aliphatic heterocycles. The molecule has 2 N–H and O–H groups in total. The molecule has 1 aromatic rings. The van der Waals surface area contributed by atoms with Gasteiger partial charge in [0, 0.05) is 11.8 Å². The molecule has 18 heavy (non-hydrogen) atoms. The van der Waals surface area contributed by atoms with Crippen LogP contribution in [0.4, 0.5) is 0 Å². The van der Waals surface area contributed by atoms with Gasteiger partial charge < -0.3 is 9.73 Å². The molecule has 0 aliphatic carbocycles. The number of furan rings is 1. The van der Waals surface area contributed by atoms with Crippen LogP contribution in [0, 0.1) is 0 Å². The van der Waals surface area contributed by atoms with Gasteiger partial charge >= 0.3 is 0 Å². The predicted molar refractivity (Wildman–Crippen MR) is 74.3 cm³/mol. The Morgan fingerprint density at radius 2 is 2.17 bits per heavy atom. The zero-order chi connectivity index (χ0) is 13.6. The maximum Gasteiger partial charge on any atom is 0.273 e. The summed E-state index contributed by atoms with van der Waals surface area (Å²) in [6.45, 7) is 3.00. The van der Waals surface area contributed by atoms with Gasteiger partial charge in [-0.3, -0.25) is 0 Å². The minimum absolute atomic E-state index is 0.0236. The van der Waals surface area contributed by atoms with Gasteiger partial charge in [-0.05, 0) is 31.9 Å². The van der Waals surface area contributed by atoms with Crippen LogP contribution < -0.4 is 10.0 Å². The molecular weight excluding hydrogens is 272 g/mol. The highest BCUT2D eigenvalue weighted by Gasteiger charge is 2.18. The summed E-state index contributed by atoms with van der Waals surface area (Å²) in [6, 6.07) is 3.14. The number of rotatable bonds is 8. The van der Waals surface area contributed by atoms with Crippen LogP contribution in [0.25, 0.3) is 0 Å². The fourth-order valence-electron chi connectivity index (χ4n) is 1.36. The van der Waals surface area contributed by atoms with E-state index in [4.69, 9.17) is 4.42 Å². The standard InChI is InChI=1S/C11H20N2O3S2/c1-9(17-3)6-7-13-18(14,15)11-5-4-10(16-11)8-12-2/h4-5,9,12-13H,6-8H2,1-3H3. The van der Waals surface area contributed by atoms with Crippen molar-refractivity contribution in [3.05, 3.63) is 17.9 Å². The maximum absolute atomic E-state index is 11.9. The summed E-state index contributed by atoms with van der Waals surface area (Å²) in [7, 11) is -1.74. The summed E-state index contributed by atoms with van der Waals surface area (Å²) in [5.41, 5.74) is 0. The molecule has 1 aromatic heterocycles. The van der Waals surface area contributed by atoms with E-state index < -0.39 is 10.0 Å². The van der Waals surface area contributed by atoms with Crippen molar-refractivity contribution in [3.63, 3.8) is 0 Å². The monoisotopic (exact) mass is 292 g/mol. The topological polar surface area (TPSA) is 71.3 Å². The molecule has 0 aliphatic rings. The summed E-state index contributed by atoms with van der Waals surface area (Å²) < 4.78 is 31.6. The molecule has 1 rings (SSSR count). The van der Waals surface area contributed by atoms with Crippen molar-refractivity contribution in [1.29, 1.82) is 0 Å². The number of hydrogen-bond donors (Lipinski definition) is 2. The first kappa shape index (κ1) is 15.6. The lowest BCUT2D eigenvalue weighted by molar-refractivity contribution is 0.404. The van der Waals surface area contributed by atoms with Crippen LogP contribution in [0.15, 0.2) is 21.6 Å². The van der Waals surface area contributed by atoms with Crippen LogP contribution in [0.3, 0.4) is 0 Å². The van der Waals surface area contributed by atoms with Gasteiger partial charge in [0.15, 0.2) is 0 Å². The summed E-state index contributed by atoms with van der Waals surface area (Å²) in [5, 5.41) is 3.31. The van der Waals surface area contributed by atoms with E-state index in [2.05, 4.69) is 17.0 Å². The van der Waals surface area contributed by atoms with E-state index in [9.17, 15) is 8.42 Å². The van der Waals surface area contributed by atoms with Gasteiger partial charge in [-0.1, -0.05) is 6.92 Å². The van der Waals surface area contributed by atoms with Gasteiger partial charge in [0.1, 0.15) is 5.76 Å². The van der Waals surface area contributed by atoms with Crippen LogP contribution in [0.2, 0.25) is 0 Å². The van der Waals surface area contributed by atoms with Crippen molar-refractivity contribution in [2.24, 2.45) is 0 Å². The van der Waals surface area contributed by atoms with E-state index in [1.54, 1.807) is 24.9 Å². The molecule has 0 amide bonds. The molecule has 0 radical (unpaired) electrons. The Labute approximate surface area is 113 Å². The largest absolute Gasteiger partial charge is 0.447 e. The summed E-state index contributed by atoms with van der Waals surface area (Å²) >= 11 is 1.72. The molecular formula is C11H20N2O3S2. The normalized spacial score (nSPS) is 13.7. The number of sulfonamides is 1. The number of nitrogens with one attached hydrogen (secondary N) is 2. The Kier molecular flexibility index (Phi) is 6.20. The van der Waals surface area contributed by atoms with Crippen molar-refractivity contribution < 1.29 is 12.8 Å². The highest BCUT2D eigenvalue weighted by Crippen LogP contribution is 2.14. The van der Waals surface area contributed by atoms with E-state index in [1.807, 2.05) is 6.26 Å². The van der Waals surface area contributed by atoms with Gasteiger partial charge in [-0.25, -0.2) is 13.1 Å². The van der Waals surface area contributed by atoms with Gasteiger partial charge in [-0.15, -0.1) is 0 Å². The maximum atomic E-state index is 11.9. The molecule has 1 atom stereocenters. The first-order valence-electron chi connectivity index (χ1n) is 5.75. The van der Waals surface area contributed by atoms with Crippen molar-refractivity contribution >= 4 is 21.8 Å². The number of thioether (sulfide) groups is 1. The van der Waals surface area contributed by atoms with E-state index in [1.165, 1.54) is 6.07 Å². The Bertz CT molecular complexity index is 457. The van der Waals surface area contributed by atoms with E-state index >= 15 is 0 Å². The summed E-state index contributed by atoms with van der Waals surface area (Å²) in [5.74, 6) is 0.607. The Hall–Kier alpha value is -0.500.